The lowest BCUT2D eigenvalue weighted by molar-refractivity contribution is 0.417. The van der Waals surface area contributed by atoms with E-state index in [1.54, 1.807) is 11.3 Å². The summed E-state index contributed by atoms with van der Waals surface area (Å²) in [6.45, 7) is 8.66. The third-order valence-electron chi connectivity index (χ3n) is 3.28. The molecule has 0 aliphatic heterocycles. The van der Waals surface area contributed by atoms with Gasteiger partial charge in [0.1, 0.15) is 5.82 Å². The maximum Gasteiger partial charge on any atom is 0.150 e. The summed E-state index contributed by atoms with van der Waals surface area (Å²) in [7, 11) is 0. The summed E-state index contributed by atoms with van der Waals surface area (Å²) in [6.07, 6.45) is 3.93. The second-order valence-electron chi connectivity index (χ2n) is 4.91. The predicted molar refractivity (Wildman–Crippen MR) is 77.8 cm³/mol. The molecule has 0 saturated carbocycles. The maximum atomic E-state index is 4.44. The van der Waals surface area contributed by atoms with Crippen LogP contribution in [0.5, 0.6) is 0 Å². The average Bonchev–Trinajstić information content (AvgIpc) is 2.98. The lowest BCUT2D eigenvalue weighted by Gasteiger charge is -2.17. The largest absolute Gasteiger partial charge is 0.329 e. The van der Waals surface area contributed by atoms with Gasteiger partial charge in [0.2, 0.25) is 0 Å². The molecule has 0 radical (unpaired) electrons. The first kappa shape index (κ1) is 13.3. The quantitative estimate of drug-likeness (QED) is 0.867. The Morgan fingerprint density at radius 3 is 2.89 bits per heavy atom. The van der Waals surface area contributed by atoms with E-state index in [1.165, 1.54) is 4.88 Å². The van der Waals surface area contributed by atoms with Crippen LogP contribution in [0.3, 0.4) is 0 Å². The molecule has 0 aromatic carbocycles. The highest BCUT2D eigenvalue weighted by Crippen LogP contribution is 2.22. The molecule has 0 bridgehead atoms. The minimum atomic E-state index is 0.554. The van der Waals surface area contributed by atoms with Crippen LogP contribution < -0.4 is 5.32 Å². The van der Waals surface area contributed by atoms with Crippen molar-refractivity contribution in [3.63, 3.8) is 0 Å². The number of rotatable bonds is 6. The topological polar surface area (TPSA) is 29.9 Å². The summed E-state index contributed by atoms with van der Waals surface area (Å²) in [5.41, 5.74) is 0. The summed E-state index contributed by atoms with van der Waals surface area (Å²) in [4.78, 5) is 5.67. The van der Waals surface area contributed by atoms with E-state index >= 15 is 0 Å². The van der Waals surface area contributed by atoms with E-state index in [0.717, 1.165) is 18.9 Å². The van der Waals surface area contributed by atoms with Crippen molar-refractivity contribution in [1.82, 2.24) is 14.9 Å². The van der Waals surface area contributed by atoms with E-state index in [4.69, 9.17) is 0 Å². The van der Waals surface area contributed by atoms with Gasteiger partial charge >= 0.3 is 0 Å². The van der Waals surface area contributed by atoms with E-state index in [-0.39, 0.29) is 0 Å². The smallest absolute Gasteiger partial charge is 0.150 e. The van der Waals surface area contributed by atoms with Gasteiger partial charge in [0.05, 0.1) is 4.88 Å². The molecule has 4 heteroatoms. The fourth-order valence-corrected chi connectivity index (χ4v) is 2.51. The maximum absolute atomic E-state index is 4.44. The van der Waals surface area contributed by atoms with Crippen molar-refractivity contribution >= 4 is 11.3 Å². The Morgan fingerprint density at radius 1 is 1.39 bits per heavy atom. The number of nitrogens with one attached hydrogen (secondary N) is 1. The fraction of sp³-hybridized carbons (Fsp3) is 0.500. The molecule has 0 aliphatic rings. The highest BCUT2D eigenvalue weighted by Gasteiger charge is 2.08. The summed E-state index contributed by atoms with van der Waals surface area (Å²) >= 11 is 1.74. The van der Waals surface area contributed by atoms with Crippen molar-refractivity contribution in [2.75, 3.05) is 6.54 Å². The molecule has 2 aromatic heterocycles. The molecule has 0 saturated heterocycles. The number of imidazole rings is 1. The SMILES string of the molecule is CC(C)C(C)NCCn1ccnc1-c1cccs1. The van der Waals surface area contributed by atoms with Crippen molar-refractivity contribution < 1.29 is 0 Å². The van der Waals surface area contributed by atoms with Gasteiger partial charge in [-0.3, -0.25) is 0 Å². The zero-order chi connectivity index (χ0) is 13.0. The first-order chi connectivity index (χ1) is 8.68. The molecule has 3 nitrogen and oxygen atoms in total. The number of aromatic nitrogens is 2. The zero-order valence-electron chi connectivity index (χ0n) is 11.3. The van der Waals surface area contributed by atoms with E-state index < -0.39 is 0 Å². The highest BCUT2D eigenvalue weighted by molar-refractivity contribution is 7.13. The third-order valence-corrected chi connectivity index (χ3v) is 4.14. The minimum Gasteiger partial charge on any atom is -0.329 e. The molecule has 0 fully saturated rings. The number of hydrogen-bond acceptors (Lipinski definition) is 3. The Kier molecular flexibility index (Phi) is 4.55. The summed E-state index contributed by atoms with van der Waals surface area (Å²) in [5.74, 6) is 1.74. The van der Waals surface area contributed by atoms with Crippen LogP contribution in [0.15, 0.2) is 29.9 Å². The van der Waals surface area contributed by atoms with Crippen LogP contribution in [0.2, 0.25) is 0 Å². The van der Waals surface area contributed by atoms with Gasteiger partial charge in [-0.1, -0.05) is 19.9 Å². The van der Waals surface area contributed by atoms with Gasteiger partial charge in [-0.2, -0.15) is 0 Å². The van der Waals surface area contributed by atoms with E-state index in [2.05, 4.69) is 59.3 Å². The lowest BCUT2D eigenvalue weighted by Crippen LogP contribution is -2.33. The monoisotopic (exact) mass is 263 g/mol. The van der Waals surface area contributed by atoms with Gasteiger partial charge in [-0.15, -0.1) is 11.3 Å². The standard InChI is InChI=1S/C14H21N3S/c1-11(2)12(3)15-6-8-17-9-7-16-14(17)13-5-4-10-18-13/h4-5,7,9-12,15H,6,8H2,1-3H3. The van der Waals surface area contributed by atoms with Gasteiger partial charge in [-0.25, -0.2) is 4.98 Å². The number of hydrogen-bond donors (Lipinski definition) is 1. The molecular formula is C14H21N3S. The van der Waals surface area contributed by atoms with Crippen molar-refractivity contribution in [2.45, 2.75) is 33.4 Å². The molecule has 98 valence electrons. The van der Waals surface area contributed by atoms with E-state index in [1.807, 2.05) is 6.20 Å². The molecular weight excluding hydrogens is 242 g/mol. The molecule has 2 heterocycles. The van der Waals surface area contributed by atoms with Crippen LogP contribution in [0.1, 0.15) is 20.8 Å². The second kappa shape index (κ2) is 6.16. The van der Waals surface area contributed by atoms with Crippen LogP contribution in [-0.2, 0) is 6.54 Å². The van der Waals surface area contributed by atoms with Crippen molar-refractivity contribution in [3.05, 3.63) is 29.9 Å². The molecule has 1 unspecified atom stereocenters. The number of thiophene rings is 1. The van der Waals surface area contributed by atoms with Crippen LogP contribution >= 0.6 is 11.3 Å². The Hall–Kier alpha value is -1.13. The van der Waals surface area contributed by atoms with Crippen molar-refractivity contribution in [3.8, 4) is 10.7 Å². The molecule has 0 amide bonds. The fourth-order valence-electron chi connectivity index (χ4n) is 1.77. The van der Waals surface area contributed by atoms with Crippen LogP contribution in [0.4, 0.5) is 0 Å². The van der Waals surface area contributed by atoms with Gasteiger partial charge in [0.25, 0.3) is 0 Å². The van der Waals surface area contributed by atoms with Gasteiger partial charge in [0.15, 0.2) is 0 Å². The first-order valence-corrected chi connectivity index (χ1v) is 7.35. The van der Waals surface area contributed by atoms with Gasteiger partial charge in [-0.05, 0) is 24.3 Å². The summed E-state index contributed by atoms with van der Waals surface area (Å²) in [5, 5.41) is 5.64. The Morgan fingerprint density at radius 2 is 2.22 bits per heavy atom. The van der Waals surface area contributed by atoms with Crippen molar-refractivity contribution in [2.24, 2.45) is 5.92 Å². The van der Waals surface area contributed by atoms with Crippen molar-refractivity contribution in [1.29, 1.82) is 0 Å². The molecule has 2 aromatic rings. The lowest BCUT2D eigenvalue weighted by atomic mass is 10.1. The van der Waals surface area contributed by atoms with Crippen LogP contribution in [-0.4, -0.2) is 22.1 Å². The summed E-state index contributed by atoms with van der Waals surface area (Å²) < 4.78 is 2.21. The molecule has 2 rings (SSSR count). The summed E-state index contributed by atoms with van der Waals surface area (Å²) in [6, 6.07) is 4.74. The normalized spacial score (nSPS) is 13.1. The Balaban J connectivity index is 1.93. The second-order valence-corrected chi connectivity index (χ2v) is 5.86. The van der Waals surface area contributed by atoms with E-state index in [0.29, 0.717) is 12.0 Å². The molecule has 1 N–H and O–H groups in total. The Bertz CT molecular complexity index is 459. The zero-order valence-corrected chi connectivity index (χ0v) is 12.1. The predicted octanol–water partition coefficient (Wildman–Crippen LogP) is 3.25. The molecule has 1 atom stereocenters. The minimum absolute atomic E-state index is 0.554. The Labute approximate surface area is 113 Å². The number of nitrogens with zero attached hydrogens (tertiary/aromatic N) is 2. The first-order valence-electron chi connectivity index (χ1n) is 6.47. The molecule has 0 spiro atoms. The van der Waals surface area contributed by atoms with Gasteiger partial charge in [0, 0.05) is 31.5 Å². The average molecular weight is 263 g/mol. The van der Waals surface area contributed by atoms with E-state index in [9.17, 15) is 0 Å². The third kappa shape index (κ3) is 3.21. The highest BCUT2D eigenvalue weighted by atomic mass is 32.1. The van der Waals surface area contributed by atoms with Crippen LogP contribution in [0, 0.1) is 5.92 Å². The van der Waals surface area contributed by atoms with Crippen LogP contribution in [0.25, 0.3) is 10.7 Å². The molecule has 0 aliphatic carbocycles. The molecule has 18 heavy (non-hydrogen) atoms. The van der Waals surface area contributed by atoms with Gasteiger partial charge < -0.3 is 9.88 Å².